The van der Waals surface area contributed by atoms with Crippen molar-refractivity contribution in [2.24, 2.45) is 0 Å². The summed E-state index contributed by atoms with van der Waals surface area (Å²) in [5.41, 5.74) is -0.0823. The maximum Gasteiger partial charge on any atom is 0.574 e. The number of carbonyl (C=O) groups excluding carboxylic acids is 1. The van der Waals surface area contributed by atoms with E-state index in [1.54, 1.807) is 6.92 Å². The van der Waals surface area contributed by atoms with Crippen molar-refractivity contribution in [3.05, 3.63) is 22.3 Å². The molecule has 1 rings (SSSR count). The van der Waals surface area contributed by atoms with Gasteiger partial charge in [0.25, 0.3) is 0 Å². The second-order valence-electron chi connectivity index (χ2n) is 2.77. The Morgan fingerprint density at radius 3 is 2.71 bits per heavy atom. The third-order valence-electron chi connectivity index (χ3n) is 1.55. The molecule has 0 amide bonds. The predicted molar refractivity (Wildman–Crippen MR) is 54.6 cm³/mol. The molecule has 0 aromatic carbocycles. The maximum atomic E-state index is 11.9. The molecule has 1 aromatic heterocycles. The first-order valence-electron chi connectivity index (χ1n) is 4.42. The molecule has 4 nitrogen and oxygen atoms in total. The van der Waals surface area contributed by atoms with Crippen LogP contribution >= 0.6 is 15.9 Å². The molecular formula is C9H7BrF3NO3. The zero-order valence-corrected chi connectivity index (χ0v) is 10.1. The number of halogens is 4. The molecule has 0 aliphatic heterocycles. The Morgan fingerprint density at radius 2 is 2.18 bits per heavy atom. The van der Waals surface area contributed by atoms with Gasteiger partial charge in [-0.25, -0.2) is 9.78 Å². The first kappa shape index (κ1) is 13.8. The van der Waals surface area contributed by atoms with Crippen molar-refractivity contribution in [1.82, 2.24) is 4.98 Å². The lowest BCUT2D eigenvalue weighted by atomic mass is 10.3. The Hall–Kier alpha value is -1.31. The van der Waals surface area contributed by atoms with Gasteiger partial charge in [-0.05, 0) is 22.9 Å². The molecule has 0 spiro atoms. The van der Waals surface area contributed by atoms with E-state index in [-0.39, 0.29) is 16.6 Å². The van der Waals surface area contributed by atoms with E-state index >= 15 is 0 Å². The van der Waals surface area contributed by atoms with Crippen molar-refractivity contribution in [3.63, 3.8) is 0 Å². The third kappa shape index (κ3) is 4.22. The molecule has 0 saturated carbocycles. The van der Waals surface area contributed by atoms with Gasteiger partial charge in [0.2, 0.25) is 5.88 Å². The average molecular weight is 314 g/mol. The lowest BCUT2D eigenvalue weighted by Gasteiger charge is -2.09. The highest BCUT2D eigenvalue weighted by Crippen LogP contribution is 2.25. The molecule has 0 aliphatic rings. The molecule has 8 heteroatoms. The first-order valence-corrected chi connectivity index (χ1v) is 5.21. The van der Waals surface area contributed by atoms with Crippen molar-refractivity contribution < 1.29 is 27.4 Å². The van der Waals surface area contributed by atoms with Crippen LogP contribution in [0.4, 0.5) is 13.2 Å². The largest absolute Gasteiger partial charge is 0.574 e. The van der Waals surface area contributed by atoms with Crippen LogP contribution in [0.25, 0.3) is 0 Å². The van der Waals surface area contributed by atoms with Crippen LogP contribution in [-0.2, 0) is 4.74 Å². The van der Waals surface area contributed by atoms with E-state index in [0.29, 0.717) is 0 Å². The minimum Gasteiger partial charge on any atom is -0.462 e. The fourth-order valence-corrected chi connectivity index (χ4v) is 1.34. The lowest BCUT2D eigenvalue weighted by Crippen LogP contribution is -2.18. The van der Waals surface area contributed by atoms with Crippen LogP contribution in [0, 0.1) is 0 Å². The number of aromatic nitrogens is 1. The zero-order valence-electron chi connectivity index (χ0n) is 8.55. The van der Waals surface area contributed by atoms with Gasteiger partial charge in [-0.15, -0.1) is 13.2 Å². The Labute approximate surface area is 103 Å². The Bertz CT molecular complexity index is 422. The van der Waals surface area contributed by atoms with E-state index in [0.717, 1.165) is 12.3 Å². The number of pyridine rings is 1. The monoisotopic (exact) mass is 313 g/mol. The topological polar surface area (TPSA) is 48.4 Å². The summed E-state index contributed by atoms with van der Waals surface area (Å²) in [6.45, 7) is 1.70. The molecule has 1 aromatic rings. The van der Waals surface area contributed by atoms with Crippen molar-refractivity contribution in [3.8, 4) is 5.88 Å². The van der Waals surface area contributed by atoms with Gasteiger partial charge in [-0.3, -0.25) is 0 Å². The Kier molecular flexibility index (Phi) is 4.33. The summed E-state index contributed by atoms with van der Waals surface area (Å²) in [6.07, 6.45) is -3.82. The molecular weight excluding hydrogens is 307 g/mol. The second-order valence-corrected chi connectivity index (χ2v) is 3.62. The van der Waals surface area contributed by atoms with Crippen molar-refractivity contribution >= 4 is 21.9 Å². The Balaban J connectivity index is 2.98. The van der Waals surface area contributed by atoms with Crippen LogP contribution in [0.15, 0.2) is 16.7 Å². The minimum atomic E-state index is -4.85. The summed E-state index contributed by atoms with van der Waals surface area (Å²) < 4.78 is 44.3. The van der Waals surface area contributed by atoms with E-state index in [1.165, 1.54) is 0 Å². The highest BCUT2D eigenvalue weighted by atomic mass is 79.9. The highest BCUT2D eigenvalue weighted by molar-refractivity contribution is 9.10. The summed E-state index contributed by atoms with van der Waals surface area (Å²) in [6, 6.07) is 0.857. The van der Waals surface area contributed by atoms with Crippen molar-refractivity contribution in [2.75, 3.05) is 6.61 Å². The van der Waals surface area contributed by atoms with Crippen LogP contribution in [-0.4, -0.2) is 23.9 Å². The molecule has 0 atom stereocenters. The van der Waals surface area contributed by atoms with Gasteiger partial charge < -0.3 is 9.47 Å². The number of hydrogen-bond acceptors (Lipinski definition) is 4. The predicted octanol–water partition coefficient (Wildman–Crippen LogP) is 2.92. The lowest BCUT2D eigenvalue weighted by molar-refractivity contribution is -0.276. The zero-order chi connectivity index (χ0) is 13.1. The summed E-state index contributed by atoms with van der Waals surface area (Å²) in [4.78, 5) is 14.7. The van der Waals surface area contributed by atoms with E-state index in [1.807, 2.05) is 0 Å². The van der Waals surface area contributed by atoms with Gasteiger partial charge in [0.05, 0.1) is 16.6 Å². The number of ether oxygens (including phenoxy) is 2. The number of alkyl halides is 3. The van der Waals surface area contributed by atoms with E-state index in [9.17, 15) is 18.0 Å². The molecule has 0 bridgehead atoms. The van der Waals surface area contributed by atoms with E-state index in [4.69, 9.17) is 0 Å². The van der Waals surface area contributed by atoms with Gasteiger partial charge in [0.1, 0.15) is 0 Å². The quantitative estimate of drug-likeness (QED) is 0.805. The summed E-state index contributed by atoms with van der Waals surface area (Å²) in [7, 11) is 0. The fraction of sp³-hybridized carbons (Fsp3) is 0.333. The van der Waals surface area contributed by atoms with E-state index in [2.05, 4.69) is 30.4 Å². The molecule has 17 heavy (non-hydrogen) atoms. The highest BCUT2D eigenvalue weighted by Gasteiger charge is 2.32. The number of rotatable bonds is 3. The number of nitrogens with zero attached hydrogens (tertiary/aromatic N) is 1. The van der Waals surface area contributed by atoms with E-state index < -0.39 is 18.2 Å². The number of hydrogen-bond donors (Lipinski definition) is 0. The van der Waals surface area contributed by atoms with Crippen LogP contribution in [0.3, 0.4) is 0 Å². The number of esters is 1. The maximum absolute atomic E-state index is 11.9. The van der Waals surface area contributed by atoms with Gasteiger partial charge in [-0.1, -0.05) is 0 Å². The molecule has 94 valence electrons. The van der Waals surface area contributed by atoms with Gasteiger partial charge >= 0.3 is 12.3 Å². The van der Waals surface area contributed by atoms with Crippen LogP contribution < -0.4 is 4.74 Å². The second kappa shape index (κ2) is 5.35. The minimum absolute atomic E-state index is 0.0823. The van der Waals surface area contributed by atoms with Crippen LogP contribution in [0.1, 0.15) is 17.3 Å². The van der Waals surface area contributed by atoms with Crippen LogP contribution in [0.5, 0.6) is 5.88 Å². The smallest absolute Gasteiger partial charge is 0.462 e. The average Bonchev–Trinajstić information content (AvgIpc) is 2.19. The summed E-state index contributed by atoms with van der Waals surface area (Å²) in [5.74, 6) is -1.47. The van der Waals surface area contributed by atoms with Crippen molar-refractivity contribution in [2.45, 2.75) is 13.3 Å². The molecule has 1 heterocycles. The van der Waals surface area contributed by atoms with Gasteiger partial charge in [0.15, 0.2) is 0 Å². The Morgan fingerprint density at radius 1 is 1.53 bits per heavy atom. The first-order chi connectivity index (χ1) is 7.83. The standard InChI is InChI=1S/C9H7BrF3NO3/c1-2-16-8(15)5-3-7(14-4-6(5)10)17-9(11,12)13/h3-4H,2H2,1H3. The molecule has 0 unspecified atom stereocenters. The molecule has 0 saturated heterocycles. The molecule has 0 aliphatic carbocycles. The summed E-state index contributed by atoms with van der Waals surface area (Å²) in [5, 5.41) is 0. The third-order valence-corrected chi connectivity index (χ3v) is 2.18. The van der Waals surface area contributed by atoms with Crippen molar-refractivity contribution in [1.29, 1.82) is 0 Å². The van der Waals surface area contributed by atoms with Gasteiger partial charge in [0, 0.05) is 12.3 Å². The normalized spacial score (nSPS) is 11.1. The molecule has 0 N–H and O–H groups in total. The molecule has 0 fully saturated rings. The SMILES string of the molecule is CCOC(=O)c1cc(OC(F)(F)F)ncc1Br. The van der Waals surface area contributed by atoms with Gasteiger partial charge in [-0.2, -0.15) is 0 Å². The number of carbonyl (C=O) groups is 1. The molecule has 0 radical (unpaired) electrons. The fourth-order valence-electron chi connectivity index (χ4n) is 0.959. The summed E-state index contributed by atoms with van der Waals surface area (Å²) >= 11 is 2.98. The van der Waals surface area contributed by atoms with Crippen LogP contribution in [0.2, 0.25) is 0 Å².